The third-order valence-corrected chi connectivity index (χ3v) is 4.93. The van der Waals surface area contributed by atoms with E-state index in [0.717, 1.165) is 35.5 Å². The number of benzene rings is 2. The molecular weight excluding hydrogens is 322 g/mol. The molecule has 1 amide bonds. The molecule has 0 unspecified atom stereocenters. The molecule has 1 aliphatic rings. The Kier molecular flexibility index (Phi) is 4.57. The predicted octanol–water partition coefficient (Wildman–Crippen LogP) is 4.37. The number of hydrogen-bond acceptors (Lipinski definition) is 2. The minimum atomic E-state index is -0.0763. The molecule has 4 nitrogen and oxygen atoms in total. The van der Waals surface area contributed by atoms with Crippen LogP contribution in [0.15, 0.2) is 54.6 Å². The molecule has 0 aliphatic heterocycles. The summed E-state index contributed by atoms with van der Waals surface area (Å²) >= 11 is 0. The van der Waals surface area contributed by atoms with Crippen LogP contribution in [0.5, 0.6) is 0 Å². The molecule has 0 saturated carbocycles. The zero-order chi connectivity index (χ0) is 17.9. The molecule has 2 aromatic carbocycles. The number of nitrogens with one attached hydrogen (secondary N) is 1. The van der Waals surface area contributed by atoms with Gasteiger partial charge in [0.25, 0.3) is 5.91 Å². The summed E-state index contributed by atoms with van der Waals surface area (Å²) in [6.45, 7) is 2.57. The number of amides is 1. The Morgan fingerprint density at radius 2 is 1.81 bits per heavy atom. The van der Waals surface area contributed by atoms with Gasteiger partial charge in [0, 0.05) is 11.6 Å². The third kappa shape index (κ3) is 3.54. The molecule has 0 fully saturated rings. The maximum atomic E-state index is 12.8. The lowest BCUT2D eigenvalue weighted by molar-refractivity contribution is 0.102. The summed E-state index contributed by atoms with van der Waals surface area (Å²) in [5.74, 6) is 0.654. The summed E-state index contributed by atoms with van der Waals surface area (Å²) in [6.07, 6.45) is 4.65. The van der Waals surface area contributed by atoms with Gasteiger partial charge < -0.3 is 5.32 Å². The quantitative estimate of drug-likeness (QED) is 0.763. The van der Waals surface area contributed by atoms with Crippen molar-refractivity contribution < 1.29 is 4.79 Å². The first kappa shape index (κ1) is 16.6. The van der Waals surface area contributed by atoms with Gasteiger partial charge in [0.2, 0.25) is 0 Å². The molecule has 1 aliphatic carbocycles. The van der Waals surface area contributed by atoms with Gasteiger partial charge in [-0.25, -0.2) is 4.68 Å². The van der Waals surface area contributed by atoms with E-state index in [1.54, 1.807) is 0 Å². The molecule has 1 aromatic heterocycles. The van der Waals surface area contributed by atoms with Crippen LogP contribution in [0.4, 0.5) is 5.82 Å². The summed E-state index contributed by atoms with van der Waals surface area (Å²) in [4.78, 5) is 12.8. The molecule has 132 valence electrons. The predicted molar refractivity (Wildman–Crippen MR) is 104 cm³/mol. The molecule has 0 bridgehead atoms. The van der Waals surface area contributed by atoms with Crippen molar-refractivity contribution in [2.24, 2.45) is 0 Å². The molecule has 3 aromatic rings. The van der Waals surface area contributed by atoms with E-state index in [1.807, 2.05) is 41.9 Å². The topological polar surface area (TPSA) is 46.9 Å². The summed E-state index contributed by atoms with van der Waals surface area (Å²) < 4.78 is 1.85. The Morgan fingerprint density at radius 3 is 2.62 bits per heavy atom. The fraction of sp³-hybridized carbons (Fsp3) is 0.273. The van der Waals surface area contributed by atoms with Gasteiger partial charge in [-0.05, 0) is 61.4 Å². The Labute approximate surface area is 153 Å². The van der Waals surface area contributed by atoms with Crippen LogP contribution in [0.25, 0.3) is 0 Å². The summed E-state index contributed by atoms with van der Waals surface area (Å²) in [7, 11) is 0. The Hall–Kier alpha value is -2.88. The Morgan fingerprint density at radius 1 is 1.04 bits per heavy atom. The number of anilines is 1. The van der Waals surface area contributed by atoms with Crippen LogP contribution in [-0.2, 0) is 19.4 Å². The van der Waals surface area contributed by atoms with Gasteiger partial charge in [-0.2, -0.15) is 5.10 Å². The second-order valence-corrected chi connectivity index (χ2v) is 6.96. The molecule has 4 heteroatoms. The second kappa shape index (κ2) is 7.16. The first-order valence-corrected chi connectivity index (χ1v) is 9.20. The standard InChI is InChI=1S/C22H23N3O/c1-16-13-21(25(24-16)15-17-7-3-2-4-8-17)23-22(26)20-12-11-18-9-5-6-10-19(18)14-20/h2-4,7-8,11-14H,5-6,9-10,15H2,1H3,(H,23,26). The van der Waals surface area contributed by atoms with Gasteiger partial charge in [-0.1, -0.05) is 36.4 Å². The first-order valence-electron chi connectivity index (χ1n) is 9.20. The van der Waals surface area contributed by atoms with Crippen molar-refractivity contribution in [3.8, 4) is 0 Å². The molecule has 1 heterocycles. The van der Waals surface area contributed by atoms with Crippen molar-refractivity contribution in [3.05, 3.63) is 82.5 Å². The number of carbonyl (C=O) groups is 1. The maximum Gasteiger partial charge on any atom is 0.256 e. The van der Waals surface area contributed by atoms with Gasteiger partial charge in [0.1, 0.15) is 5.82 Å². The van der Waals surface area contributed by atoms with Gasteiger partial charge in [0.15, 0.2) is 0 Å². The van der Waals surface area contributed by atoms with Crippen molar-refractivity contribution in [3.63, 3.8) is 0 Å². The lowest BCUT2D eigenvalue weighted by atomic mass is 9.90. The fourth-order valence-electron chi connectivity index (χ4n) is 3.59. The summed E-state index contributed by atoms with van der Waals surface area (Å²) in [5, 5.41) is 7.56. The molecule has 0 saturated heterocycles. The number of aryl methyl sites for hydroxylation is 3. The summed E-state index contributed by atoms with van der Waals surface area (Å²) in [6, 6.07) is 18.1. The van der Waals surface area contributed by atoms with Crippen LogP contribution >= 0.6 is 0 Å². The molecule has 1 N–H and O–H groups in total. The molecule has 26 heavy (non-hydrogen) atoms. The van der Waals surface area contributed by atoms with E-state index in [4.69, 9.17) is 0 Å². The van der Waals surface area contributed by atoms with Gasteiger partial charge in [-0.15, -0.1) is 0 Å². The highest BCUT2D eigenvalue weighted by atomic mass is 16.1. The Balaban J connectivity index is 1.54. The van der Waals surface area contributed by atoms with Crippen LogP contribution in [0, 0.1) is 6.92 Å². The fourth-order valence-corrected chi connectivity index (χ4v) is 3.59. The smallest absolute Gasteiger partial charge is 0.256 e. The molecule has 4 rings (SSSR count). The van der Waals surface area contributed by atoms with Crippen LogP contribution in [0.1, 0.15) is 45.6 Å². The average molecular weight is 345 g/mol. The SMILES string of the molecule is Cc1cc(NC(=O)c2ccc3c(c2)CCCC3)n(Cc2ccccc2)n1. The highest BCUT2D eigenvalue weighted by molar-refractivity contribution is 6.04. The third-order valence-electron chi connectivity index (χ3n) is 4.93. The minimum absolute atomic E-state index is 0.0763. The van der Waals surface area contributed by atoms with Gasteiger partial charge in [0.05, 0.1) is 12.2 Å². The van der Waals surface area contributed by atoms with E-state index in [1.165, 1.54) is 24.0 Å². The molecule has 0 atom stereocenters. The number of nitrogens with zero attached hydrogens (tertiary/aromatic N) is 2. The number of hydrogen-bond donors (Lipinski definition) is 1. The van der Waals surface area contributed by atoms with Crippen molar-refractivity contribution >= 4 is 11.7 Å². The van der Waals surface area contributed by atoms with Gasteiger partial charge >= 0.3 is 0 Å². The lowest BCUT2D eigenvalue weighted by Gasteiger charge is -2.16. The number of fused-ring (bicyclic) bond motifs is 1. The highest BCUT2D eigenvalue weighted by Gasteiger charge is 2.15. The molecular formula is C22H23N3O. The lowest BCUT2D eigenvalue weighted by Crippen LogP contribution is -2.17. The minimum Gasteiger partial charge on any atom is -0.307 e. The van der Waals surface area contributed by atoms with E-state index >= 15 is 0 Å². The van der Waals surface area contributed by atoms with E-state index < -0.39 is 0 Å². The largest absolute Gasteiger partial charge is 0.307 e. The maximum absolute atomic E-state index is 12.8. The van der Waals surface area contributed by atoms with E-state index in [-0.39, 0.29) is 5.91 Å². The van der Waals surface area contributed by atoms with Crippen molar-refractivity contribution in [2.45, 2.75) is 39.2 Å². The van der Waals surface area contributed by atoms with Crippen molar-refractivity contribution in [2.75, 3.05) is 5.32 Å². The monoisotopic (exact) mass is 345 g/mol. The summed E-state index contributed by atoms with van der Waals surface area (Å²) in [5.41, 5.74) is 5.47. The van der Waals surface area contributed by atoms with Crippen LogP contribution in [0.3, 0.4) is 0 Å². The van der Waals surface area contributed by atoms with E-state index in [0.29, 0.717) is 6.54 Å². The Bertz CT molecular complexity index is 928. The van der Waals surface area contributed by atoms with E-state index in [9.17, 15) is 4.79 Å². The van der Waals surface area contributed by atoms with Crippen molar-refractivity contribution in [1.29, 1.82) is 0 Å². The van der Waals surface area contributed by atoms with Crippen molar-refractivity contribution in [1.82, 2.24) is 9.78 Å². The van der Waals surface area contributed by atoms with Crippen LogP contribution < -0.4 is 5.32 Å². The van der Waals surface area contributed by atoms with Crippen LogP contribution in [-0.4, -0.2) is 15.7 Å². The molecule has 0 spiro atoms. The number of carbonyl (C=O) groups excluding carboxylic acids is 1. The normalized spacial score (nSPS) is 13.3. The second-order valence-electron chi connectivity index (χ2n) is 6.96. The zero-order valence-electron chi connectivity index (χ0n) is 15.0. The molecule has 0 radical (unpaired) electrons. The number of aromatic nitrogens is 2. The number of rotatable bonds is 4. The first-order chi connectivity index (χ1) is 12.7. The van der Waals surface area contributed by atoms with Gasteiger partial charge in [-0.3, -0.25) is 4.79 Å². The highest BCUT2D eigenvalue weighted by Crippen LogP contribution is 2.23. The average Bonchev–Trinajstić information content (AvgIpc) is 3.01. The van der Waals surface area contributed by atoms with Crippen LogP contribution in [0.2, 0.25) is 0 Å². The van der Waals surface area contributed by atoms with E-state index in [2.05, 4.69) is 34.7 Å². The zero-order valence-corrected chi connectivity index (χ0v) is 15.0.